The van der Waals surface area contributed by atoms with Gasteiger partial charge in [-0.05, 0) is 18.1 Å². The Hall–Kier alpha value is 0.1000. The summed E-state index contributed by atoms with van der Waals surface area (Å²) >= 11 is 17.3. The molecule has 1 aromatic rings. The second kappa shape index (κ2) is 5.83. The molecule has 2 rings (SSSR count). The standard InChI is InChI=1S/C11H11BrCl2N2S/c1-6-4-15-11(17-5-6)16-10-8(13)2-7(12)3-9(10)14/h2-3,6H,4-5H2,1H3,(H,15,16). The van der Waals surface area contributed by atoms with Crippen molar-refractivity contribution in [2.75, 3.05) is 17.6 Å². The van der Waals surface area contributed by atoms with Crippen molar-refractivity contribution in [2.24, 2.45) is 10.9 Å². The van der Waals surface area contributed by atoms with E-state index in [1.165, 1.54) is 0 Å². The molecule has 0 aliphatic carbocycles. The van der Waals surface area contributed by atoms with Crippen molar-refractivity contribution in [3.05, 3.63) is 26.7 Å². The highest BCUT2D eigenvalue weighted by Gasteiger charge is 2.15. The maximum absolute atomic E-state index is 6.14. The van der Waals surface area contributed by atoms with Crippen molar-refractivity contribution in [2.45, 2.75) is 6.92 Å². The third kappa shape index (κ3) is 3.53. The third-order valence-corrected chi connectivity index (χ3v) is 4.58. The van der Waals surface area contributed by atoms with Crippen LogP contribution in [0.15, 0.2) is 21.6 Å². The lowest BCUT2D eigenvalue weighted by Gasteiger charge is -2.19. The number of hydrogen-bond donors (Lipinski definition) is 1. The van der Waals surface area contributed by atoms with Crippen molar-refractivity contribution in [3.8, 4) is 0 Å². The van der Waals surface area contributed by atoms with Crippen molar-refractivity contribution < 1.29 is 0 Å². The summed E-state index contributed by atoms with van der Waals surface area (Å²) in [4.78, 5) is 4.45. The zero-order valence-electron chi connectivity index (χ0n) is 9.14. The van der Waals surface area contributed by atoms with Gasteiger partial charge in [-0.2, -0.15) is 0 Å². The summed E-state index contributed by atoms with van der Waals surface area (Å²) in [6, 6.07) is 3.62. The molecule has 0 saturated carbocycles. The number of rotatable bonds is 1. The van der Waals surface area contributed by atoms with Crippen LogP contribution in [0.2, 0.25) is 10.0 Å². The highest BCUT2D eigenvalue weighted by Crippen LogP contribution is 2.34. The minimum Gasteiger partial charge on any atom is -0.333 e. The lowest BCUT2D eigenvalue weighted by atomic mass is 10.2. The molecule has 1 aliphatic rings. The van der Waals surface area contributed by atoms with Gasteiger partial charge in [0.25, 0.3) is 0 Å². The predicted molar refractivity (Wildman–Crippen MR) is 81.7 cm³/mol. The molecule has 0 fully saturated rings. The number of halogens is 3. The summed E-state index contributed by atoms with van der Waals surface area (Å²) in [6.45, 7) is 3.04. The van der Waals surface area contributed by atoms with E-state index in [1.54, 1.807) is 11.8 Å². The van der Waals surface area contributed by atoms with Crippen LogP contribution in [0.1, 0.15) is 6.92 Å². The van der Waals surface area contributed by atoms with E-state index in [2.05, 4.69) is 33.2 Å². The van der Waals surface area contributed by atoms with Crippen LogP contribution in [-0.2, 0) is 0 Å². The first kappa shape index (κ1) is 13.5. The van der Waals surface area contributed by atoms with E-state index in [0.29, 0.717) is 16.0 Å². The first-order chi connectivity index (χ1) is 8.06. The average molecular weight is 354 g/mol. The van der Waals surface area contributed by atoms with E-state index in [1.807, 2.05) is 12.1 Å². The summed E-state index contributed by atoms with van der Waals surface area (Å²) < 4.78 is 0.866. The summed E-state index contributed by atoms with van der Waals surface area (Å²) in [5, 5.41) is 5.26. The summed E-state index contributed by atoms with van der Waals surface area (Å²) in [5.41, 5.74) is 0.720. The zero-order valence-corrected chi connectivity index (χ0v) is 13.0. The van der Waals surface area contributed by atoms with Gasteiger partial charge in [-0.1, -0.05) is 57.8 Å². The zero-order chi connectivity index (χ0) is 12.4. The first-order valence-electron chi connectivity index (χ1n) is 5.15. The Bertz CT molecular complexity index is 442. The second-order valence-corrected chi connectivity index (χ2v) is 6.67. The number of nitrogens with zero attached hydrogens (tertiary/aromatic N) is 1. The van der Waals surface area contributed by atoms with Crippen LogP contribution in [0, 0.1) is 5.92 Å². The van der Waals surface area contributed by atoms with E-state index in [4.69, 9.17) is 23.2 Å². The maximum Gasteiger partial charge on any atom is 0.161 e. The Kier molecular flexibility index (Phi) is 4.64. The van der Waals surface area contributed by atoms with Crippen LogP contribution in [-0.4, -0.2) is 17.5 Å². The average Bonchev–Trinajstić information content (AvgIpc) is 2.26. The Labute approximate surface area is 123 Å². The minimum atomic E-state index is 0.589. The quantitative estimate of drug-likeness (QED) is 0.775. The fourth-order valence-corrected chi connectivity index (χ4v) is 3.59. The molecule has 0 aromatic heterocycles. The Morgan fingerprint density at radius 3 is 2.59 bits per heavy atom. The third-order valence-electron chi connectivity index (χ3n) is 2.29. The molecule has 1 aromatic carbocycles. The molecule has 17 heavy (non-hydrogen) atoms. The summed E-state index contributed by atoms with van der Waals surface area (Å²) in [6.07, 6.45) is 0. The number of benzene rings is 1. The molecule has 6 heteroatoms. The monoisotopic (exact) mass is 352 g/mol. The van der Waals surface area contributed by atoms with E-state index in [9.17, 15) is 0 Å². The van der Waals surface area contributed by atoms with Gasteiger partial charge in [0.05, 0.1) is 15.7 Å². The molecule has 1 unspecified atom stereocenters. The molecule has 1 aliphatic heterocycles. The van der Waals surface area contributed by atoms with E-state index < -0.39 is 0 Å². The van der Waals surface area contributed by atoms with Crippen molar-refractivity contribution >= 4 is 61.7 Å². The molecule has 1 atom stereocenters. The lowest BCUT2D eigenvalue weighted by Crippen LogP contribution is -2.19. The van der Waals surface area contributed by atoms with Gasteiger partial charge >= 0.3 is 0 Å². The number of aliphatic imine (C=N–C) groups is 1. The van der Waals surface area contributed by atoms with Gasteiger partial charge in [0.15, 0.2) is 5.17 Å². The van der Waals surface area contributed by atoms with Crippen molar-refractivity contribution in [1.82, 2.24) is 0 Å². The molecule has 92 valence electrons. The molecule has 0 saturated heterocycles. The normalized spacial score (nSPS) is 20.0. The number of thioether (sulfide) groups is 1. The second-order valence-electron chi connectivity index (χ2n) is 3.93. The number of amidine groups is 1. The van der Waals surface area contributed by atoms with Crippen molar-refractivity contribution in [1.29, 1.82) is 0 Å². The van der Waals surface area contributed by atoms with Crippen LogP contribution in [0.5, 0.6) is 0 Å². The van der Waals surface area contributed by atoms with E-state index in [-0.39, 0.29) is 0 Å². The Morgan fingerprint density at radius 1 is 1.41 bits per heavy atom. The highest BCUT2D eigenvalue weighted by atomic mass is 79.9. The predicted octanol–water partition coefficient (Wildman–Crippen LogP) is 4.91. The minimum absolute atomic E-state index is 0.589. The molecule has 1 heterocycles. The van der Waals surface area contributed by atoms with Crippen molar-refractivity contribution in [3.63, 3.8) is 0 Å². The number of nitrogens with one attached hydrogen (secondary N) is 1. The summed E-state index contributed by atoms with van der Waals surface area (Å²) in [7, 11) is 0. The van der Waals surface area contributed by atoms with Gasteiger partial charge in [-0.15, -0.1) is 0 Å². The van der Waals surface area contributed by atoms with Crippen LogP contribution in [0.3, 0.4) is 0 Å². The van der Waals surface area contributed by atoms with Crippen LogP contribution in [0.4, 0.5) is 5.69 Å². The first-order valence-corrected chi connectivity index (χ1v) is 7.68. The highest BCUT2D eigenvalue weighted by molar-refractivity contribution is 9.10. The number of anilines is 1. The summed E-state index contributed by atoms with van der Waals surface area (Å²) in [5.74, 6) is 1.69. The van der Waals surface area contributed by atoms with Gasteiger partial charge in [-0.3, -0.25) is 4.99 Å². The van der Waals surface area contributed by atoms with Gasteiger partial charge in [0, 0.05) is 16.8 Å². The van der Waals surface area contributed by atoms with Crippen LogP contribution >= 0.6 is 50.9 Å². The SMILES string of the molecule is CC1CN=C(Nc2c(Cl)cc(Br)cc2Cl)SC1. The molecule has 2 nitrogen and oxygen atoms in total. The fraction of sp³-hybridized carbons (Fsp3) is 0.364. The van der Waals surface area contributed by atoms with E-state index in [0.717, 1.165) is 27.6 Å². The largest absolute Gasteiger partial charge is 0.333 e. The fourth-order valence-electron chi connectivity index (χ4n) is 1.40. The van der Waals surface area contributed by atoms with E-state index >= 15 is 0 Å². The van der Waals surface area contributed by atoms with Gasteiger partial charge < -0.3 is 5.32 Å². The van der Waals surface area contributed by atoms with Crippen LogP contribution in [0.25, 0.3) is 0 Å². The molecule has 1 N–H and O–H groups in total. The molecule has 0 radical (unpaired) electrons. The number of hydrogen-bond acceptors (Lipinski definition) is 3. The smallest absolute Gasteiger partial charge is 0.161 e. The molecular formula is C11H11BrCl2N2S. The topological polar surface area (TPSA) is 24.4 Å². The lowest BCUT2D eigenvalue weighted by molar-refractivity contribution is 0.674. The maximum atomic E-state index is 6.14. The van der Waals surface area contributed by atoms with Crippen LogP contribution < -0.4 is 5.32 Å². The van der Waals surface area contributed by atoms with Gasteiger partial charge in [0.1, 0.15) is 0 Å². The van der Waals surface area contributed by atoms with Gasteiger partial charge in [0.2, 0.25) is 0 Å². The molecule has 0 spiro atoms. The molecule has 0 amide bonds. The Morgan fingerprint density at radius 2 is 2.06 bits per heavy atom. The molecule has 0 bridgehead atoms. The molecular weight excluding hydrogens is 343 g/mol. The Balaban J connectivity index is 2.19. The van der Waals surface area contributed by atoms with Gasteiger partial charge in [-0.25, -0.2) is 0 Å².